The highest BCUT2D eigenvalue weighted by Gasteiger charge is 2.20. The van der Waals surface area contributed by atoms with E-state index in [9.17, 15) is 0 Å². The number of nitrogens with zero attached hydrogens (tertiary/aromatic N) is 1. The van der Waals surface area contributed by atoms with Crippen LogP contribution in [0.25, 0.3) is 0 Å². The summed E-state index contributed by atoms with van der Waals surface area (Å²) in [6.45, 7) is 16.5. The molecule has 1 aliphatic heterocycles. The quantitative estimate of drug-likeness (QED) is 0.752. The van der Waals surface area contributed by atoms with E-state index in [1.165, 1.54) is 44.2 Å². The van der Waals surface area contributed by atoms with Gasteiger partial charge in [0.1, 0.15) is 0 Å². The molecule has 0 aromatic carbocycles. The van der Waals surface area contributed by atoms with E-state index in [1.54, 1.807) is 0 Å². The maximum atomic E-state index is 4.25. The summed E-state index contributed by atoms with van der Waals surface area (Å²) >= 11 is 0. The molecule has 0 aromatic heterocycles. The molecular formula is C16H32N2. The third-order valence-electron chi connectivity index (χ3n) is 3.77. The van der Waals surface area contributed by atoms with Crippen molar-refractivity contribution in [1.29, 1.82) is 0 Å². The van der Waals surface area contributed by atoms with Crippen molar-refractivity contribution in [3.63, 3.8) is 0 Å². The lowest BCUT2D eigenvalue weighted by Crippen LogP contribution is -2.41. The van der Waals surface area contributed by atoms with Gasteiger partial charge < -0.3 is 5.32 Å². The van der Waals surface area contributed by atoms with E-state index in [2.05, 4.69) is 44.5 Å². The topological polar surface area (TPSA) is 15.3 Å². The van der Waals surface area contributed by atoms with Gasteiger partial charge in [0.25, 0.3) is 0 Å². The standard InChI is InChI=1S/C16H32N2/c1-6-15-10-8-7-9-11-18(15)13-14(2)12-17-16(3,4)5/h15,17H,2,6-13H2,1,3-5H3. The molecule has 1 N–H and O–H groups in total. The lowest BCUT2D eigenvalue weighted by atomic mass is 10.1. The fraction of sp³-hybridized carbons (Fsp3) is 0.875. The van der Waals surface area contributed by atoms with Crippen LogP contribution in [0.1, 0.15) is 59.8 Å². The summed E-state index contributed by atoms with van der Waals surface area (Å²) in [5, 5.41) is 3.53. The highest BCUT2D eigenvalue weighted by Crippen LogP contribution is 2.19. The molecule has 1 atom stereocenters. The molecule has 0 radical (unpaired) electrons. The normalized spacial score (nSPS) is 22.8. The van der Waals surface area contributed by atoms with Gasteiger partial charge >= 0.3 is 0 Å². The Morgan fingerprint density at radius 3 is 2.61 bits per heavy atom. The van der Waals surface area contributed by atoms with Gasteiger partial charge in [-0.3, -0.25) is 4.90 Å². The Bertz CT molecular complexity index is 252. The maximum absolute atomic E-state index is 4.25. The van der Waals surface area contributed by atoms with Gasteiger partial charge in [0.15, 0.2) is 0 Å². The first-order chi connectivity index (χ1) is 8.42. The second kappa shape index (κ2) is 7.30. The third kappa shape index (κ3) is 6.01. The average Bonchev–Trinajstić information content (AvgIpc) is 2.50. The Morgan fingerprint density at radius 2 is 2.00 bits per heavy atom. The van der Waals surface area contributed by atoms with Gasteiger partial charge in [0, 0.05) is 24.7 Å². The third-order valence-corrected chi connectivity index (χ3v) is 3.77. The molecule has 0 aromatic rings. The van der Waals surface area contributed by atoms with Crippen molar-refractivity contribution in [3.05, 3.63) is 12.2 Å². The van der Waals surface area contributed by atoms with Crippen LogP contribution >= 0.6 is 0 Å². The highest BCUT2D eigenvalue weighted by atomic mass is 15.2. The van der Waals surface area contributed by atoms with Crippen LogP contribution < -0.4 is 5.32 Å². The fourth-order valence-corrected chi connectivity index (χ4v) is 2.64. The van der Waals surface area contributed by atoms with E-state index in [0.717, 1.165) is 19.1 Å². The summed E-state index contributed by atoms with van der Waals surface area (Å²) in [6, 6.07) is 0.777. The minimum atomic E-state index is 0.186. The van der Waals surface area contributed by atoms with E-state index in [-0.39, 0.29) is 5.54 Å². The van der Waals surface area contributed by atoms with Crippen LogP contribution in [0.4, 0.5) is 0 Å². The molecule has 1 heterocycles. The van der Waals surface area contributed by atoms with Crippen LogP contribution in [0.5, 0.6) is 0 Å². The van der Waals surface area contributed by atoms with Crippen LogP contribution in [-0.2, 0) is 0 Å². The molecule has 0 saturated carbocycles. The van der Waals surface area contributed by atoms with E-state index in [1.807, 2.05) is 0 Å². The van der Waals surface area contributed by atoms with Crippen LogP contribution in [0.15, 0.2) is 12.2 Å². The monoisotopic (exact) mass is 252 g/mol. The van der Waals surface area contributed by atoms with Gasteiger partial charge in [-0.15, -0.1) is 0 Å². The molecule has 1 unspecified atom stereocenters. The molecule has 0 aliphatic carbocycles. The van der Waals surface area contributed by atoms with Crippen molar-refractivity contribution in [3.8, 4) is 0 Å². The summed E-state index contributed by atoms with van der Waals surface area (Å²) in [4.78, 5) is 2.65. The Kier molecular flexibility index (Phi) is 6.37. The van der Waals surface area contributed by atoms with Crippen molar-refractivity contribution >= 4 is 0 Å². The molecule has 2 heteroatoms. The molecule has 1 rings (SSSR count). The van der Waals surface area contributed by atoms with Crippen molar-refractivity contribution < 1.29 is 0 Å². The number of hydrogen-bond donors (Lipinski definition) is 1. The van der Waals surface area contributed by atoms with Crippen LogP contribution in [0.2, 0.25) is 0 Å². The SMILES string of the molecule is C=C(CNC(C)(C)C)CN1CCCCCC1CC. The Balaban J connectivity index is 2.40. The van der Waals surface area contributed by atoms with Gasteiger partial charge in [-0.25, -0.2) is 0 Å². The molecule has 0 bridgehead atoms. The highest BCUT2D eigenvalue weighted by molar-refractivity contribution is 5.02. The Hall–Kier alpha value is -0.340. The number of hydrogen-bond acceptors (Lipinski definition) is 2. The predicted octanol–water partition coefficient (Wildman–Crippen LogP) is 3.59. The number of nitrogens with one attached hydrogen (secondary N) is 1. The first-order valence-corrected chi connectivity index (χ1v) is 7.58. The summed E-state index contributed by atoms with van der Waals surface area (Å²) in [5.74, 6) is 0. The predicted molar refractivity (Wildman–Crippen MR) is 81.0 cm³/mol. The number of rotatable bonds is 5. The second-order valence-electron chi connectivity index (χ2n) is 6.74. The molecule has 1 saturated heterocycles. The van der Waals surface area contributed by atoms with Gasteiger partial charge in [-0.1, -0.05) is 26.3 Å². The molecule has 106 valence electrons. The van der Waals surface area contributed by atoms with Crippen molar-refractivity contribution in [1.82, 2.24) is 10.2 Å². The van der Waals surface area contributed by atoms with E-state index < -0.39 is 0 Å². The average molecular weight is 252 g/mol. The molecule has 0 amide bonds. The lowest BCUT2D eigenvalue weighted by molar-refractivity contribution is 0.209. The van der Waals surface area contributed by atoms with Crippen molar-refractivity contribution in [2.75, 3.05) is 19.6 Å². The maximum Gasteiger partial charge on any atom is 0.0205 e. The van der Waals surface area contributed by atoms with Gasteiger partial charge in [0.05, 0.1) is 0 Å². The fourth-order valence-electron chi connectivity index (χ4n) is 2.64. The second-order valence-corrected chi connectivity index (χ2v) is 6.74. The molecule has 1 aliphatic rings. The van der Waals surface area contributed by atoms with E-state index >= 15 is 0 Å². The number of likely N-dealkylation sites (tertiary alicyclic amines) is 1. The first-order valence-electron chi connectivity index (χ1n) is 7.58. The Labute approximate surface area is 114 Å². The molecular weight excluding hydrogens is 220 g/mol. The zero-order chi connectivity index (χ0) is 13.6. The molecule has 18 heavy (non-hydrogen) atoms. The largest absolute Gasteiger partial charge is 0.308 e. The van der Waals surface area contributed by atoms with Crippen LogP contribution in [0.3, 0.4) is 0 Å². The van der Waals surface area contributed by atoms with Crippen molar-refractivity contribution in [2.24, 2.45) is 0 Å². The first kappa shape index (κ1) is 15.7. The summed E-state index contributed by atoms with van der Waals surface area (Å²) < 4.78 is 0. The summed E-state index contributed by atoms with van der Waals surface area (Å²) in [5.41, 5.74) is 1.51. The van der Waals surface area contributed by atoms with Crippen molar-refractivity contribution in [2.45, 2.75) is 71.4 Å². The Morgan fingerprint density at radius 1 is 1.28 bits per heavy atom. The van der Waals surface area contributed by atoms with E-state index in [0.29, 0.717) is 0 Å². The minimum Gasteiger partial charge on any atom is -0.308 e. The van der Waals surface area contributed by atoms with E-state index in [4.69, 9.17) is 0 Å². The summed E-state index contributed by atoms with van der Waals surface area (Å²) in [6.07, 6.45) is 6.81. The minimum absolute atomic E-state index is 0.186. The van der Waals surface area contributed by atoms with Crippen LogP contribution in [-0.4, -0.2) is 36.1 Å². The van der Waals surface area contributed by atoms with Gasteiger partial charge in [0.2, 0.25) is 0 Å². The van der Waals surface area contributed by atoms with Gasteiger partial charge in [-0.2, -0.15) is 0 Å². The van der Waals surface area contributed by atoms with Crippen LogP contribution in [0, 0.1) is 0 Å². The smallest absolute Gasteiger partial charge is 0.0205 e. The summed E-state index contributed by atoms with van der Waals surface area (Å²) in [7, 11) is 0. The molecule has 2 nitrogen and oxygen atoms in total. The zero-order valence-corrected chi connectivity index (χ0v) is 12.9. The van der Waals surface area contributed by atoms with Gasteiger partial charge in [-0.05, 0) is 52.2 Å². The lowest BCUT2D eigenvalue weighted by Gasteiger charge is -2.30. The molecule has 1 fully saturated rings. The zero-order valence-electron chi connectivity index (χ0n) is 12.9. The molecule has 0 spiro atoms.